The van der Waals surface area contributed by atoms with Gasteiger partial charge >= 0.3 is 0 Å². The number of hydrogen-bond acceptors (Lipinski definition) is 7. The molecule has 2 saturated heterocycles. The SMILES string of the molecule is O=C(C1CCN(c2ncccn2)CC1)N(Cc1cccs1)[C@H]1CCS(=O)(=O)C1. The second-order valence-electron chi connectivity index (χ2n) is 7.41. The van der Waals surface area contributed by atoms with Crippen molar-refractivity contribution in [2.24, 2.45) is 5.92 Å². The van der Waals surface area contributed by atoms with Crippen molar-refractivity contribution in [3.63, 3.8) is 0 Å². The second-order valence-corrected chi connectivity index (χ2v) is 10.7. The van der Waals surface area contributed by atoms with Crippen LogP contribution in [0.2, 0.25) is 0 Å². The standard InChI is InChI=1S/C19H24N4O3S2/c24-18(15-4-9-22(10-5-15)19-20-7-2-8-21-19)23(13-17-3-1-11-27-17)16-6-12-28(25,26)14-16/h1-3,7-8,11,15-16H,4-6,9-10,12-14H2/t16-/m0/s1. The Morgan fingerprint density at radius 2 is 1.93 bits per heavy atom. The Bertz CT molecular complexity index is 895. The fourth-order valence-electron chi connectivity index (χ4n) is 3.99. The van der Waals surface area contributed by atoms with Gasteiger partial charge in [-0.05, 0) is 36.8 Å². The van der Waals surface area contributed by atoms with Crippen molar-refractivity contribution in [2.45, 2.75) is 31.8 Å². The first kappa shape index (κ1) is 19.3. The van der Waals surface area contributed by atoms with Crippen LogP contribution < -0.4 is 4.90 Å². The molecule has 0 aromatic carbocycles. The van der Waals surface area contributed by atoms with Gasteiger partial charge in [0, 0.05) is 42.3 Å². The summed E-state index contributed by atoms with van der Waals surface area (Å²) in [4.78, 5) is 27.0. The number of carbonyl (C=O) groups excluding carboxylic acids is 1. The molecule has 0 radical (unpaired) electrons. The van der Waals surface area contributed by atoms with Crippen LogP contribution in [0.5, 0.6) is 0 Å². The molecule has 9 heteroatoms. The summed E-state index contributed by atoms with van der Waals surface area (Å²) in [6.45, 7) is 1.96. The normalized spacial score (nSPS) is 22.3. The van der Waals surface area contributed by atoms with Gasteiger partial charge in [-0.25, -0.2) is 18.4 Å². The van der Waals surface area contributed by atoms with Crippen LogP contribution in [-0.4, -0.2) is 59.8 Å². The van der Waals surface area contributed by atoms with Crippen LogP contribution in [-0.2, 0) is 21.2 Å². The maximum absolute atomic E-state index is 13.4. The molecule has 4 heterocycles. The van der Waals surface area contributed by atoms with Crippen molar-refractivity contribution in [3.8, 4) is 0 Å². The molecule has 150 valence electrons. The first-order chi connectivity index (χ1) is 13.5. The molecule has 0 bridgehead atoms. The van der Waals surface area contributed by atoms with Gasteiger partial charge in [0.15, 0.2) is 9.84 Å². The molecule has 1 amide bonds. The number of hydrogen-bond donors (Lipinski definition) is 0. The van der Waals surface area contributed by atoms with Crippen molar-refractivity contribution in [1.82, 2.24) is 14.9 Å². The molecule has 1 atom stereocenters. The van der Waals surface area contributed by atoms with E-state index in [0.29, 0.717) is 18.9 Å². The van der Waals surface area contributed by atoms with Crippen LogP contribution >= 0.6 is 11.3 Å². The lowest BCUT2D eigenvalue weighted by molar-refractivity contribution is -0.138. The maximum Gasteiger partial charge on any atom is 0.226 e. The first-order valence-electron chi connectivity index (χ1n) is 9.57. The molecule has 7 nitrogen and oxygen atoms in total. The van der Waals surface area contributed by atoms with E-state index in [4.69, 9.17) is 0 Å². The highest BCUT2D eigenvalue weighted by atomic mass is 32.2. The van der Waals surface area contributed by atoms with E-state index >= 15 is 0 Å². The van der Waals surface area contributed by atoms with E-state index in [-0.39, 0.29) is 29.4 Å². The van der Waals surface area contributed by atoms with Crippen molar-refractivity contribution in [2.75, 3.05) is 29.5 Å². The quantitative estimate of drug-likeness (QED) is 0.735. The van der Waals surface area contributed by atoms with Crippen molar-refractivity contribution in [1.29, 1.82) is 0 Å². The van der Waals surface area contributed by atoms with Crippen LogP contribution in [0.4, 0.5) is 5.95 Å². The average molecular weight is 421 g/mol. The largest absolute Gasteiger partial charge is 0.341 e. The van der Waals surface area contributed by atoms with E-state index in [1.807, 2.05) is 22.4 Å². The maximum atomic E-state index is 13.4. The lowest BCUT2D eigenvalue weighted by Gasteiger charge is -2.36. The first-order valence-corrected chi connectivity index (χ1v) is 12.3. The predicted octanol–water partition coefficient (Wildman–Crippen LogP) is 1.97. The minimum atomic E-state index is -3.04. The van der Waals surface area contributed by atoms with E-state index in [2.05, 4.69) is 14.9 Å². The number of aromatic nitrogens is 2. The van der Waals surface area contributed by atoms with Crippen molar-refractivity contribution < 1.29 is 13.2 Å². The van der Waals surface area contributed by atoms with E-state index in [1.54, 1.807) is 29.8 Å². The number of rotatable bonds is 5. The van der Waals surface area contributed by atoms with Gasteiger partial charge in [-0.15, -0.1) is 11.3 Å². The second kappa shape index (κ2) is 8.16. The van der Waals surface area contributed by atoms with Crippen molar-refractivity contribution in [3.05, 3.63) is 40.8 Å². The van der Waals surface area contributed by atoms with E-state index < -0.39 is 9.84 Å². The lowest BCUT2D eigenvalue weighted by atomic mass is 9.94. The Hall–Kier alpha value is -2.00. The van der Waals surface area contributed by atoms with Crippen LogP contribution in [0.3, 0.4) is 0 Å². The topological polar surface area (TPSA) is 83.5 Å². The van der Waals surface area contributed by atoms with E-state index in [9.17, 15) is 13.2 Å². The molecular weight excluding hydrogens is 396 g/mol. The number of carbonyl (C=O) groups is 1. The number of thiophene rings is 1. The fourth-order valence-corrected chi connectivity index (χ4v) is 6.43. The number of sulfone groups is 1. The van der Waals surface area contributed by atoms with Crippen LogP contribution in [0.1, 0.15) is 24.1 Å². The summed E-state index contributed by atoms with van der Waals surface area (Å²) in [5.74, 6) is 0.967. The molecule has 2 aliphatic heterocycles. The molecule has 2 aromatic rings. The Balaban J connectivity index is 1.45. The monoisotopic (exact) mass is 420 g/mol. The zero-order chi connectivity index (χ0) is 19.6. The summed E-state index contributed by atoms with van der Waals surface area (Å²) >= 11 is 1.60. The van der Waals surface area contributed by atoms with Crippen LogP contribution in [0, 0.1) is 5.92 Å². The smallest absolute Gasteiger partial charge is 0.226 e. The Morgan fingerprint density at radius 3 is 2.54 bits per heavy atom. The summed E-state index contributed by atoms with van der Waals surface area (Å²) in [5.41, 5.74) is 0. The molecule has 0 aliphatic carbocycles. The molecule has 0 unspecified atom stereocenters. The zero-order valence-electron chi connectivity index (χ0n) is 15.6. The molecule has 4 rings (SSSR count). The molecule has 2 aliphatic rings. The molecular formula is C19H24N4O3S2. The van der Waals surface area contributed by atoms with E-state index in [0.717, 1.165) is 30.8 Å². The van der Waals surface area contributed by atoms with Crippen molar-refractivity contribution >= 4 is 33.0 Å². The molecule has 2 fully saturated rings. The van der Waals surface area contributed by atoms with Crippen LogP contribution in [0.25, 0.3) is 0 Å². The summed E-state index contributed by atoms with van der Waals surface area (Å²) in [5, 5.41) is 1.99. The minimum Gasteiger partial charge on any atom is -0.341 e. The van der Waals surface area contributed by atoms with Gasteiger partial charge in [0.25, 0.3) is 0 Å². The highest BCUT2D eigenvalue weighted by Crippen LogP contribution is 2.28. The Morgan fingerprint density at radius 1 is 1.18 bits per heavy atom. The zero-order valence-corrected chi connectivity index (χ0v) is 17.2. The molecule has 0 N–H and O–H groups in total. The van der Waals surface area contributed by atoms with Gasteiger partial charge in [-0.3, -0.25) is 4.79 Å². The summed E-state index contributed by atoms with van der Waals surface area (Å²) in [6.07, 6.45) is 5.46. The average Bonchev–Trinajstić information content (AvgIpc) is 3.35. The van der Waals surface area contributed by atoms with Gasteiger partial charge < -0.3 is 9.80 Å². The summed E-state index contributed by atoms with van der Waals surface area (Å²) in [7, 11) is -3.04. The van der Waals surface area contributed by atoms with Gasteiger partial charge in [0.2, 0.25) is 11.9 Å². The third kappa shape index (κ3) is 4.35. The highest BCUT2D eigenvalue weighted by molar-refractivity contribution is 7.91. The van der Waals surface area contributed by atoms with Gasteiger partial charge in [-0.1, -0.05) is 6.07 Å². The molecule has 0 spiro atoms. The highest BCUT2D eigenvalue weighted by Gasteiger charge is 2.38. The summed E-state index contributed by atoms with van der Waals surface area (Å²) in [6, 6.07) is 5.55. The number of piperidine rings is 1. The third-order valence-corrected chi connectivity index (χ3v) is 8.13. The van der Waals surface area contributed by atoms with Gasteiger partial charge in [0.05, 0.1) is 18.1 Å². The van der Waals surface area contributed by atoms with Gasteiger partial charge in [-0.2, -0.15) is 0 Å². The molecule has 2 aromatic heterocycles. The third-order valence-electron chi connectivity index (χ3n) is 5.52. The van der Waals surface area contributed by atoms with E-state index in [1.165, 1.54) is 0 Å². The summed E-state index contributed by atoms with van der Waals surface area (Å²) < 4.78 is 24.0. The number of amides is 1. The number of anilines is 1. The fraction of sp³-hybridized carbons (Fsp3) is 0.526. The molecule has 28 heavy (non-hydrogen) atoms. The Labute approximate surface area is 169 Å². The van der Waals surface area contributed by atoms with Crippen LogP contribution in [0.15, 0.2) is 36.0 Å². The van der Waals surface area contributed by atoms with Gasteiger partial charge in [0.1, 0.15) is 0 Å². The Kier molecular flexibility index (Phi) is 5.63. The number of nitrogens with zero attached hydrogens (tertiary/aromatic N) is 4. The minimum absolute atomic E-state index is 0.0803. The lowest BCUT2D eigenvalue weighted by Crippen LogP contribution is -2.47. The predicted molar refractivity (Wildman–Crippen MR) is 109 cm³/mol. The molecule has 0 saturated carbocycles.